The van der Waals surface area contributed by atoms with E-state index >= 15 is 0 Å². The zero-order valence-corrected chi connectivity index (χ0v) is 11.6. The van der Waals surface area contributed by atoms with Crippen molar-refractivity contribution in [3.8, 4) is 0 Å². The molecule has 7 nitrogen and oxygen atoms in total. The Labute approximate surface area is 117 Å². The molecule has 1 aliphatic rings. The van der Waals surface area contributed by atoms with Gasteiger partial charge in [-0.25, -0.2) is 4.79 Å². The van der Waals surface area contributed by atoms with E-state index in [1.807, 2.05) is 0 Å². The summed E-state index contributed by atoms with van der Waals surface area (Å²) in [5.74, 6) is -2.18. The summed E-state index contributed by atoms with van der Waals surface area (Å²) in [7, 11) is 1.24. The van der Waals surface area contributed by atoms with Gasteiger partial charge in [0, 0.05) is 18.4 Å². The summed E-state index contributed by atoms with van der Waals surface area (Å²) in [5, 5.41) is 11.6. The van der Waals surface area contributed by atoms with E-state index in [4.69, 9.17) is 10.8 Å². The number of hydrogen-bond acceptors (Lipinski definition) is 5. The highest BCUT2D eigenvalue weighted by Crippen LogP contribution is 2.23. The molecule has 7 heteroatoms. The summed E-state index contributed by atoms with van der Waals surface area (Å²) in [6, 6.07) is -1.07. The number of aliphatic carboxylic acids is 1. The van der Waals surface area contributed by atoms with Gasteiger partial charge in [0.15, 0.2) is 0 Å². The summed E-state index contributed by atoms with van der Waals surface area (Å²) < 4.78 is 4.45. The molecule has 0 aromatic rings. The standard InChI is InChI=1S/C13H22N2O5/c1-20-11(16)6-5-10(13(18)19)15-12(17)8-3-2-4-9(14)7-8/h8-10H,2-7,14H2,1H3,(H,15,17)(H,18,19). The molecule has 1 saturated carbocycles. The van der Waals surface area contributed by atoms with Crippen LogP contribution in [0.15, 0.2) is 0 Å². The van der Waals surface area contributed by atoms with Crippen molar-refractivity contribution in [2.75, 3.05) is 7.11 Å². The molecule has 0 bridgehead atoms. The monoisotopic (exact) mass is 286 g/mol. The molecule has 20 heavy (non-hydrogen) atoms. The quantitative estimate of drug-likeness (QED) is 0.593. The number of esters is 1. The zero-order valence-electron chi connectivity index (χ0n) is 11.6. The Hall–Kier alpha value is -1.63. The lowest BCUT2D eigenvalue weighted by molar-refractivity contribution is -0.144. The molecule has 3 atom stereocenters. The average molecular weight is 286 g/mol. The third kappa shape index (κ3) is 5.16. The van der Waals surface area contributed by atoms with Gasteiger partial charge in [-0.15, -0.1) is 0 Å². The van der Waals surface area contributed by atoms with Gasteiger partial charge in [0.2, 0.25) is 5.91 Å². The van der Waals surface area contributed by atoms with Crippen molar-refractivity contribution in [3.63, 3.8) is 0 Å². The minimum absolute atomic E-state index is 0.00199. The number of carboxylic acid groups (broad SMARTS) is 1. The van der Waals surface area contributed by atoms with Gasteiger partial charge in [0.05, 0.1) is 7.11 Å². The first-order chi connectivity index (χ1) is 9.43. The molecule has 0 saturated heterocycles. The molecule has 114 valence electrons. The molecular formula is C13H22N2O5. The summed E-state index contributed by atoms with van der Waals surface area (Å²) in [5.41, 5.74) is 5.81. The Morgan fingerprint density at radius 3 is 2.65 bits per heavy atom. The lowest BCUT2D eigenvalue weighted by Crippen LogP contribution is -2.45. The van der Waals surface area contributed by atoms with E-state index in [-0.39, 0.29) is 30.7 Å². The van der Waals surface area contributed by atoms with E-state index in [9.17, 15) is 14.4 Å². The van der Waals surface area contributed by atoms with Crippen LogP contribution >= 0.6 is 0 Å². The topological polar surface area (TPSA) is 119 Å². The van der Waals surface area contributed by atoms with E-state index in [2.05, 4.69) is 10.1 Å². The van der Waals surface area contributed by atoms with Crippen LogP contribution in [-0.4, -0.2) is 42.1 Å². The number of nitrogens with two attached hydrogens (primary N) is 1. The fraction of sp³-hybridized carbons (Fsp3) is 0.769. The van der Waals surface area contributed by atoms with Crippen LogP contribution in [-0.2, 0) is 19.1 Å². The molecule has 1 rings (SSSR count). The molecule has 0 aliphatic heterocycles. The molecule has 1 aliphatic carbocycles. The highest BCUT2D eigenvalue weighted by molar-refractivity contribution is 5.85. The lowest BCUT2D eigenvalue weighted by Gasteiger charge is -2.26. The molecule has 1 fully saturated rings. The van der Waals surface area contributed by atoms with Crippen LogP contribution in [0.1, 0.15) is 38.5 Å². The van der Waals surface area contributed by atoms with Crippen molar-refractivity contribution in [1.29, 1.82) is 0 Å². The number of amides is 1. The van der Waals surface area contributed by atoms with Crippen LogP contribution in [0.3, 0.4) is 0 Å². The predicted molar refractivity (Wildman–Crippen MR) is 70.7 cm³/mol. The smallest absolute Gasteiger partial charge is 0.326 e. The van der Waals surface area contributed by atoms with Gasteiger partial charge < -0.3 is 20.9 Å². The van der Waals surface area contributed by atoms with Gasteiger partial charge in [-0.3, -0.25) is 9.59 Å². The zero-order chi connectivity index (χ0) is 15.1. The van der Waals surface area contributed by atoms with Crippen molar-refractivity contribution in [3.05, 3.63) is 0 Å². The van der Waals surface area contributed by atoms with Crippen LogP contribution < -0.4 is 11.1 Å². The molecule has 4 N–H and O–H groups in total. The first-order valence-electron chi connectivity index (χ1n) is 6.79. The summed E-state index contributed by atoms with van der Waals surface area (Å²) in [6.07, 6.45) is 3.05. The second-order valence-corrected chi connectivity index (χ2v) is 5.14. The highest BCUT2D eigenvalue weighted by Gasteiger charge is 2.29. The molecule has 0 heterocycles. The number of nitrogens with one attached hydrogen (secondary N) is 1. The first kappa shape index (κ1) is 16.4. The molecule has 0 aromatic heterocycles. The predicted octanol–water partition coefficient (Wildman–Crippen LogP) is 0.0265. The molecule has 1 amide bonds. The second kappa shape index (κ2) is 7.84. The van der Waals surface area contributed by atoms with Crippen molar-refractivity contribution < 1.29 is 24.2 Å². The van der Waals surface area contributed by atoms with Gasteiger partial charge in [-0.05, 0) is 25.7 Å². The van der Waals surface area contributed by atoms with E-state index in [1.54, 1.807) is 0 Å². The fourth-order valence-electron chi connectivity index (χ4n) is 2.38. The minimum Gasteiger partial charge on any atom is -0.480 e. The largest absolute Gasteiger partial charge is 0.480 e. The van der Waals surface area contributed by atoms with E-state index in [1.165, 1.54) is 7.11 Å². The van der Waals surface area contributed by atoms with E-state index < -0.39 is 18.0 Å². The number of methoxy groups -OCH3 is 1. The van der Waals surface area contributed by atoms with Gasteiger partial charge in [0.25, 0.3) is 0 Å². The van der Waals surface area contributed by atoms with E-state index in [0.717, 1.165) is 19.3 Å². The van der Waals surface area contributed by atoms with E-state index in [0.29, 0.717) is 6.42 Å². The average Bonchev–Trinajstić information content (AvgIpc) is 2.42. The van der Waals surface area contributed by atoms with Crippen molar-refractivity contribution in [1.82, 2.24) is 5.32 Å². The van der Waals surface area contributed by atoms with Crippen molar-refractivity contribution in [2.24, 2.45) is 11.7 Å². The van der Waals surface area contributed by atoms with Crippen molar-refractivity contribution >= 4 is 17.8 Å². The molecular weight excluding hydrogens is 264 g/mol. The summed E-state index contributed by atoms with van der Waals surface area (Å²) >= 11 is 0. The Kier molecular flexibility index (Phi) is 6.44. The van der Waals surface area contributed by atoms with Crippen LogP contribution in [0.5, 0.6) is 0 Å². The van der Waals surface area contributed by atoms with Crippen molar-refractivity contribution in [2.45, 2.75) is 50.6 Å². The highest BCUT2D eigenvalue weighted by atomic mass is 16.5. The third-order valence-electron chi connectivity index (χ3n) is 3.56. The normalized spacial score (nSPS) is 23.7. The Bertz CT molecular complexity index is 372. The third-order valence-corrected chi connectivity index (χ3v) is 3.56. The van der Waals surface area contributed by atoms with Gasteiger partial charge in [-0.2, -0.15) is 0 Å². The fourth-order valence-corrected chi connectivity index (χ4v) is 2.38. The first-order valence-corrected chi connectivity index (χ1v) is 6.79. The molecule has 0 aromatic carbocycles. The van der Waals surface area contributed by atoms with Crippen LogP contribution in [0, 0.1) is 5.92 Å². The van der Waals surface area contributed by atoms with Gasteiger partial charge in [-0.1, -0.05) is 6.42 Å². The number of carbonyl (C=O) groups excluding carboxylic acids is 2. The van der Waals surface area contributed by atoms with Gasteiger partial charge >= 0.3 is 11.9 Å². The maximum Gasteiger partial charge on any atom is 0.326 e. The maximum absolute atomic E-state index is 12.0. The number of carboxylic acids is 1. The Morgan fingerprint density at radius 1 is 1.40 bits per heavy atom. The number of ether oxygens (including phenoxy) is 1. The Balaban J connectivity index is 2.49. The maximum atomic E-state index is 12.0. The number of rotatable bonds is 6. The minimum atomic E-state index is -1.15. The molecule has 3 unspecified atom stereocenters. The van der Waals surface area contributed by atoms with Crippen LogP contribution in [0.2, 0.25) is 0 Å². The van der Waals surface area contributed by atoms with Crippen LogP contribution in [0.25, 0.3) is 0 Å². The van der Waals surface area contributed by atoms with Gasteiger partial charge in [0.1, 0.15) is 6.04 Å². The SMILES string of the molecule is COC(=O)CCC(NC(=O)C1CCCC(N)C1)C(=O)O. The second-order valence-electron chi connectivity index (χ2n) is 5.14. The lowest BCUT2D eigenvalue weighted by atomic mass is 9.85. The summed E-state index contributed by atoms with van der Waals surface area (Å²) in [6.45, 7) is 0. The number of hydrogen-bond donors (Lipinski definition) is 3. The Morgan fingerprint density at radius 2 is 2.10 bits per heavy atom. The summed E-state index contributed by atoms with van der Waals surface area (Å²) in [4.78, 5) is 34.1. The molecule has 0 radical (unpaired) electrons. The molecule has 0 spiro atoms. The van der Waals surface area contributed by atoms with Crippen LogP contribution in [0.4, 0.5) is 0 Å². The number of carbonyl (C=O) groups is 3.